The van der Waals surface area contributed by atoms with Gasteiger partial charge in [0.2, 0.25) is 0 Å². The number of nitrogens with zero attached hydrogens (tertiary/aromatic N) is 3. The van der Waals surface area contributed by atoms with E-state index < -0.39 is 21.0 Å². The Hall–Kier alpha value is 0.583. The normalized spacial score (nSPS) is 10.8. The number of anilines is 1. The van der Waals surface area contributed by atoms with E-state index >= 15 is 0 Å². The predicted octanol–water partition coefficient (Wildman–Crippen LogP) is 3.06. The fraction of sp³-hybridized carbons (Fsp3) is 0.188. The topological polar surface area (TPSA) is 129 Å². The molecule has 0 aliphatic carbocycles. The maximum atomic E-state index is 11.5. The van der Waals surface area contributed by atoms with Crippen LogP contribution in [-0.2, 0) is 10.1 Å². The molecular formula is C16H16ClK2N3O6S. The van der Waals surface area contributed by atoms with E-state index in [1.165, 1.54) is 24.3 Å². The van der Waals surface area contributed by atoms with Gasteiger partial charge in [0, 0.05) is 114 Å². The Morgan fingerprint density at radius 3 is 2.38 bits per heavy atom. The fourth-order valence-corrected chi connectivity index (χ4v) is 2.87. The van der Waals surface area contributed by atoms with Gasteiger partial charge in [-0.05, 0) is 43.3 Å². The molecule has 0 atom stereocenters. The number of hydrogen-bond acceptors (Lipinski definition) is 6. The van der Waals surface area contributed by atoms with Crippen LogP contribution in [-0.4, -0.2) is 140 Å². The summed E-state index contributed by atoms with van der Waals surface area (Å²) >= 11 is 5.94. The van der Waals surface area contributed by atoms with E-state index in [-0.39, 0.29) is 121 Å². The molecule has 0 amide bonds. The molecule has 2 aromatic carbocycles. The molecule has 0 bridgehead atoms. The monoisotopic (exact) mass is 491 g/mol. The van der Waals surface area contributed by atoms with Crippen LogP contribution in [0.15, 0.2) is 51.6 Å². The molecule has 0 aliphatic heterocycles. The van der Waals surface area contributed by atoms with Crippen LogP contribution in [0, 0.1) is 0 Å². The first-order valence-corrected chi connectivity index (χ1v) is 9.36. The van der Waals surface area contributed by atoms with E-state index in [0.717, 1.165) is 12.1 Å². The third-order valence-electron chi connectivity index (χ3n) is 3.48. The second-order valence-electron chi connectivity index (χ2n) is 5.18. The molecule has 0 unspecified atom stereocenters. The second kappa shape index (κ2) is 13.2. The van der Waals surface area contributed by atoms with Crippen molar-refractivity contribution in [3.05, 3.63) is 47.0 Å². The van der Waals surface area contributed by atoms with Gasteiger partial charge in [0.1, 0.15) is 11.4 Å². The van der Waals surface area contributed by atoms with E-state index in [9.17, 15) is 18.3 Å². The molecule has 0 saturated heterocycles. The Kier molecular flexibility index (Phi) is 13.5. The molecule has 2 radical (unpaired) electrons. The largest absolute Gasteiger partial charge is 0.494 e. The molecule has 2 N–H and O–H groups in total. The van der Waals surface area contributed by atoms with Crippen molar-refractivity contribution in [3.8, 4) is 5.75 Å². The summed E-state index contributed by atoms with van der Waals surface area (Å²) in [6.45, 7) is 1.94. The van der Waals surface area contributed by atoms with Crippen molar-refractivity contribution in [2.45, 2.75) is 11.8 Å². The van der Waals surface area contributed by atoms with Crippen molar-refractivity contribution in [2.75, 3.05) is 18.7 Å². The summed E-state index contributed by atoms with van der Waals surface area (Å²) in [5.74, 6) is -0.969. The van der Waals surface area contributed by atoms with Gasteiger partial charge in [-0.2, -0.15) is 8.42 Å². The third kappa shape index (κ3) is 8.22. The van der Waals surface area contributed by atoms with Crippen LogP contribution >= 0.6 is 11.6 Å². The molecule has 0 fully saturated rings. The fourth-order valence-electron chi connectivity index (χ4n) is 2.20. The van der Waals surface area contributed by atoms with Crippen LogP contribution < -0.4 is 9.75 Å². The van der Waals surface area contributed by atoms with E-state index in [0.29, 0.717) is 16.5 Å². The number of ether oxygens (including phenoxy) is 1. The first-order valence-electron chi connectivity index (χ1n) is 7.55. The summed E-state index contributed by atoms with van der Waals surface area (Å²) < 4.78 is 36.8. The number of carboxylic acids is 1. The number of carbonyl (C=O) groups is 1. The van der Waals surface area contributed by atoms with Crippen LogP contribution in [0.1, 0.15) is 17.3 Å². The molecule has 0 saturated carbocycles. The summed E-state index contributed by atoms with van der Waals surface area (Å²) in [6.07, 6.45) is 0. The minimum atomic E-state index is -4.54. The van der Waals surface area contributed by atoms with Crippen LogP contribution in [0.5, 0.6) is 5.75 Å². The number of rotatable bonds is 7. The van der Waals surface area contributed by atoms with Crippen molar-refractivity contribution in [3.63, 3.8) is 0 Å². The van der Waals surface area contributed by atoms with Gasteiger partial charge in [-0.1, -0.05) is 16.8 Å². The molecule has 0 aliphatic rings. The Labute approximate surface area is 258 Å². The van der Waals surface area contributed by atoms with E-state index in [1.807, 2.05) is 0 Å². The molecule has 13 heteroatoms. The zero-order chi connectivity index (χ0) is 20.2. The summed E-state index contributed by atoms with van der Waals surface area (Å²) in [5, 5.41) is 19.1. The number of benzene rings is 2. The Morgan fingerprint density at radius 1 is 1.21 bits per heavy atom. The smallest absolute Gasteiger partial charge is 0.337 e. The van der Waals surface area contributed by atoms with Crippen molar-refractivity contribution in [2.24, 2.45) is 10.3 Å². The zero-order valence-corrected chi connectivity index (χ0v) is 24.1. The van der Waals surface area contributed by atoms with Gasteiger partial charge in [0.15, 0.2) is 0 Å². The van der Waals surface area contributed by atoms with Crippen LogP contribution in [0.3, 0.4) is 0 Å². The summed E-state index contributed by atoms with van der Waals surface area (Å²) in [4.78, 5) is 11.0. The van der Waals surface area contributed by atoms with Crippen LogP contribution in [0.4, 0.5) is 11.4 Å². The summed E-state index contributed by atoms with van der Waals surface area (Å²) in [6, 6.07) is 7.91. The Morgan fingerprint density at radius 2 is 1.86 bits per heavy atom. The van der Waals surface area contributed by atoms with Gasteiger partial charge >= 0.3 is 5.97 Å². The minimum Gasteiger partial charge on any atom is -0.494 e. The SMILES string of the molecule is CCN(N=Nc1cc(Cl)ccc1OC)c1ccc(S(=O)(=O)O)cc1C(=O)O.[K].[K]. The first-order chi connectivity index (χ1) is 12.7. The van der Waals surface area contributed by atoms with Crippen molar-refractivity contribution >= 4 is 142 Å². The molecule has 0 spiro atoms. The summed E-state index contributed by atoms with van der Waals surface area (Å²) in [7, 11) is -3.09. The molecule has 29 heavy (non-hydrogen) atoms. The first kappa shape index (κ1) is 29.6. The number of methoxy groups -OCH3 is 1. The zero-order valence-electron chi connectivity index (χ0n) is 16.3. The molecule has 146 valence electrons. The average Bonchev–Trinajstić information content (AvgIpc) is 2.61. The van der Waals surface area contributed by atoms with Gasteiger partial charge in [-0.15, -0.1) is 5.11 Å². The number of aromatic carboxylic acids is 1. The number of halogens is 1. The van der Waals surface area contributed by atoms with Gasteiger partial charge in [-0.3, -0.25) is 4.55 Å². The molecule has 2 aromatic rings. The number of hydrogen-bond donors (Lipinski definition) is 2. The van der Waals surface area contributed by atoms with Crippen LogP contribution in [0.2, 0.25) is 5.02 Å². The Bertz CT molecular complexity index is 1000. The Balaban J connectivity index is 0.00000392. The third-order valence-corrected chi connectivity index (χ3v) is 4.56. The van der Waals surface area contributed by atoms with Crippen molar-refractivity contribution < 1.29 is 27.6 Å². The maximum Gasteiger partial charge on any atom is 0.337 e. The minimum absolute atomic E-state index is 0. The van der Waals surface area contributed by atoms with Crippen molar-refractivity contribution in [1.29, 1.82) is 0 Å². The van der Waals surface area contributed by atoms with Crippen molar-refractivity contribution in [1.82, 2.24) is 0 Å². The summed E-state index contributed by atoms with van der Waals surface area (Å²) in [5.41, 5.74) is 0.0704. The number of carboxylic acid groups (broad SMARTS) is 1. The van der Waals surface area contributed by atoms with E-state index in [4.69, 9.17) is 20.9 Å². The maximum absolute atomic E-state index is 11.5. The second-order valence-corrected chi connectivity index (χ2v) is 7.04. The molecule has 9 nitrogen and oxygen atoms in total. The van der Waals surface area contributed by atoms with Crippen LogP contribution in [0.25, 0.3) is 0 Å². The van der Waals surface area contributed by atoms with Gasteiger partial charge < -0.3 is 9.84 Å². The quantitative estimate of drug-likeness (QED) is 0.263. The standard InChI is InChI=1S/C16H16ClN3O6S.2K/c1-3-20(19-18-13-8-10(17)4-7-15(13)26-2)14-6-5-11(27(23,24)25)9-12(14)16(21)22;;/h4-9H,3H2,1-2H3,(H,21,22)(H,23,24,25);;. The molecule has 0 heterocycles. The van der Waals surface area contributed by atoms with E-state index in [2.05, 4.69) is 10.3 Å². The van der Waals surface area contributed by atoms with Gasteiger partial charge in [0.05, 0.1) is 23.3 Å². The molecule has 0 aromatic heterocycles. The average molecular weight is 492 g/mol. The predicted molar refractivity (Wildman–Crippen MR) is 110 cm³/mol. The molecular weight excluding hydrogens is 476 g/mol. The van der Waals surface area contributed by atoms with Gasteiger partial charge in [0.25, 0.3) is 10.1 Å². The van der Waals surface area contributed by atoms with Gasteiger partial charge in [-0.25, -0.2) is 9.80 Å². The molecule has 2 rings (SSSR count). The van der Waals surface area contributed by atoms with E-state index in [1.54, 1.807) is 19.1 Å².